The zero-order valence-corrected chi connectivity index (χ0v) is 11.5. The van der Waals surface area contributed by atoms with Gasteiger partial charge in [-0.15, -0.1) is 0 Å². The van der Waals surface area contributed by atoms with Crippen molar-refractivity contribution < 1.29 is 8.78 Å². The second-order valence-electron chi connectivity index (χ2n) is 4.01. The summed E-state index contributed by atoms with van der Waals surface area (Å²) < 4.78 is 26.5. The minimum absolute atomic E-state index is 0.0753. The fourth-order valence-corrected chi connectivity index (χ4v) is 1.75. The van der Waals surface area contributed by atoms with Crippen LogP contribution in [0.25, 0.3) is 0 Å². The van der Waals surface area contributed by atoms with Gasteiger partial charge >= 0.3 is 0 Å². The minimum atomic E-state index is -0.495. The zero-order valence-electron chi connectivity index (χ0n) is 10.8. The summed E-state index contributed by atoms with van der Waals surface area (Å²) in [6.45, 7) is 2.65. The van der Waals surface area contributed by atoms with Gasteiger partial charge in [0.05, 0.1) is 6.20 Å². The van der Waals surface area contributed by atoms with Gasteiger partial charge in [0.1, 0.15) is 16.7 Å². The lowest BCUT2D eigenvalue weighted by atomic mass is 10.2. The predicted octanol–water partition coefficient (Wildman–Crippen LogP) is 3.45. The minimum Gasteiger partial charge on any atom is -0.364 e. The number of nitrogens with zero attached hydrogens (tertiary/aromatic N) is 2. The van der Waals surface area contributed by atoms with Gasteiger partial charge in [0.25, 0.3) is 0 Å². The Morgan fingerprint density at radius 1 is 1.25 bits per heavy atom. The number of halogens is 3. The summed E-state index contributed by atoms with van der Waals surface area (Å²) >= 11 is 5.95. The second-order valence-corrected chi connectivity index (χ2v) is 4.42. The number of benzene rings is 1. The maximum absolute atomic E-state index is 13.5. The Hall–Kier alpha value is -1.95. The molecule has 0 aliphatic carbocycles. The molecular formula is C13H13ClF2N4. The van der Waals surface area contributed by atoms with Crippen LogP contribution in [-0.2, 0) is 6.54 Å². The third-order valence-corrected chi connectivity index (χ3v) is 2.81. The van der Waals surface area contributed by atoms with Crippen molar-refractivity contribution in [2.24, 2.45) is 0 Å². The molecule has 0 radical (unpaired) electrons. The second kappa shape index (κ2) is 6.47. The predicted molar refractivity (Wildman–Crippen MR) is 74.9 cm³/mol. The summed E-state index contributed by atoms with van der Waals surface area (Å²) in [5.74, 6) is -0.207. The van der Waals surface area contributed by atoms with Crippen molar-refractivity contribution in [3.63, 3.8) is 0 Å². The molecule has 7 heteroatoms. The highest BCUT2D eigenvalue weighted by Gasteiger charge is 2.08. The van der Waals surface area contributed by atoms with E-state index in [1.807, 2.05) is 6.92 Å². The highest BCUT2D eigenvalue weighted by Crippen LogP contribution is 2.20. The lowest BCUT2D eigenvalue weighted by Crippen LogP contribution is -2.08. The van der Waals surface area contributed by atoms with E-state index in [0.717, 1.165) is 18.2 Å². The average molecular weight is 299 g/mol. The molecule has 0 aliphatic rings. The molecule has 0 saturated heterocycles. The molecule has 0 amide bonds. The maximum Gasteiger partial charge on any atom is 0.224 e. The van der Waals surface area contributed by atoms with Crippen molar-refractivity contribution >= 4 is 23.4 Å². The number of hydrogen-bond donors (Lipinski definition) is 2. The van der Waals surface area contributed by atoms with E-state index in [2.05, 4.69) is 20.6 Å². The van der Waals surface area contributed by atoms with Crippen molar-refractivity contribution in [2.75, 3.05) is 17.2 Å². The van der Waals surface area contributed by atoms with Gasteiger partial charge in [0.15, 0.2) is 5.82 Å². The van der Waals surface area contributed by atoms with Crippen LogP contribution >= 0.6 is 11.6 Å². The Morgan fingerprint density at radius 3 is 2.80 bits per heavy atom. The summed E-state index contributed by atoms with van der Waals surface area (Å²) in [7, 11) is 0. The van der Waals surface area contributed by atoms with Crippen LogP contribution in [0.15, 0.2) is 24.4 Å². The van der Waals surface area contributed by atoms with Crippen LogP contribution < -0.4 is 10.6 Å². The van der Waals surface area contributed by atoms with Gasteiger partial charge in [-0.05, 0) is 25.1 Å². The molecule has 2 aromatic rings. The smallest absolute Gasteiger partial charge is 0.224 e. The average Bonchev–Trinajstić information content (AvgIpc) is 2.43. The molecule has 106 valence electrons. The Bertz CT molecular complexity index is 607. The fourth-order valence-electron chi connectivity index (χ4n) is 1.59. The van der Waals surface area contributed by atoms with Crippen molar-refractivity contribution in [1.29, 1.82) is 0 Å². The normalized spacial score (nSPS) is 10.4. The van der Waals surface area contributed by atoms with E-state index in [-0.39, 0.29) is 12.1 Å². The van der Waals surface area contributed by atoms with Gasteiger partial charge in [-0.2, -0.15) is 4.98 Å². The topological polar surface area (TPSA) is 49.8 Å². The molecule has 0 spiro atoms. The number of hydrogen-bond acceptors (Lipinski definition) is 4. The van der Waals surface area contributed by atoms with Crippen LogP contribution in [0.5, 0.6) is 0 Å². The molecule has 4 nitrogen and oxygen atoms in total. The third-order valence-electron chi connectivity index (χ3n) is 2.53. The van der Waals surface area contributed by atoms with E-state index in [1.54, 1.807) is 0 Å². The molecule has 0 saturated carbocycles. The summed E-state index contributed by atoms with van der Waals surface area (Å²) in [6, 6.07) is 3.28. The monoisotopic (exact) mass is 298 g/mol. The van der Waals surface area contributed by atoms with Gasteiger partial charge in [-0.1, -0.05) is 11.6 Å². The Kier molecular flexibility index (Phi) is 4.68. The largest absolute Gasteiger partial charge is 0.364 e. The van der Waals surface area contributed by atoms with Gasteiger partial charge in [-0.3, -0.25) is 0 Å². The molecule has 0 fully saturated rings. The lowest BCUT2D eigenvalue weighted by Gasteiger charge is -2.10. The van der Waals surface area contributed by atoms with Crippen LogP contribution in [0.3, 0.4) is 0 Å². The number of rotatable bonds is 5. The molecule has 1 aromatic carbocycles. The summed E-state index contributed by atoms with van der Waals surface area (Å²) in [5.41, 5.74) is 0.199. The van der Waals surface area contributed by atoms with Crippen LogP contribution in [0.4, 0.5) is 20.5 Å². The van der Waals surface area contributed by atoms with Crippen molar-refractivity contribution in [3.05, 3.63) is 46.6 Å². The van der Waals surface area contributed by atoms with E-state index >= 15 is 0 Å². The first-order valence-electron chi connectivity index (χ1n) is 6.04. The molecule has 2 N–H and O–H groups in total. The highest BCUT2D eigenvalue weighted by atomic mass is 35.5. The number of aromatic nitrogens is 2. The summed E-state index contributed by atoms with van der Waals surface area (Å²) in [4.78, 5) is 8.13. The van der Waals surface area contributed by atoms with Crippen LogP contribution in [0, 0.1) is 11.6 Å². The Balaban J connectivity index is 2.13. The molecular weight excluding hydrogens is 286 g/mol. The zero-order chi connectivity index (χ0) is 14.5. The van der Waals surface area contributed by atoms with E-state index in [9.17, 15) is 8.78 Å². The van der Waals surface area contributed by atoms with Crippen LogP contribution in [0.1, 0.15) is 12.5 Å². The van der Waals surface area contributed by atoms with E-state index in [0.29, 0.717) is 23.3 Å². The van der Waals surface area contributed by atoms with Crippen molar-refractivity contribution in [2.45, 2.75) is 13.5 Å². The molecule has 0 aliphatic heterocycles. The van der Waals surface area contributed by atoms with Crippen molar-refractivity contribution in [3.8, 4) is 0 Å². The summed E-state index contributed by atoms with van der Waals surface area (Å²) in [6.07, 6.45) is 1.44. The van der Waals surface area contributed by atoms with Gasteiger partial charge in [0.2, 0.25) is 5.95 Å². The van der Waals surface area contributed by atoms with Crippen LogP contribution in [-0.4, -0.2) is 16.5 Å². The summed E-state index contributed by atoms with van der Waals surface area (Å²) in [5, 5.41) is 6.11. The molecule has 1 aromatic heterocycles. The number of anilines is 2. The molecule has 0 atom stereocenters. The maximum atomic E-state index is 13.5. The first-order chi connectivity index (χ1) is 9.60. The van der Waals surface area contributed by atoms with Gasteiger partial charge in [0, 0.05) is 18.7 Å². The molecule has 2 rings (SSSR count). The first kappa shape index (κ1) is 14.5. The SMILES string of the molecule is CCNc1ncc(Cl)c(NCc2cc(F)ccc2F)n1. The number of nitrogens with one attached hydrogen (secondary N) is 2. The van der Waals surface area contributed by atoms with E-state index < -0.39 is 11.6 Å². The van der Waals surface area contributed by atoms with E-state index in [1.165, 1.54) is 6.20 Å². The Morgan fingerprint density at radius 2 is 2.05 bits per heavy atom. The fraction of sp³-hybridized carbons (Fsp3) is 0.231. The quantitative estimate of drug-likeness (QED) is 0.887. The van der Waals surface area contributed by atoms with Crippen molar-refractivity contribution in [1.82, 2.24) is 9.97 Å². The molecule has 20 heavy (non-hydrogen) atoms. The lowest BCUT2D eigenvalue weighted by molar-refractivity contribution is 0.587. The van der Waals surface area contributed by atoms with Gasteiger partial charge < -0.3 is 10.6 Å². The third kappa shape index (κ3) is 3.54. The standard InChI is InChI=1S/C13H13ClF2N4/c1-2-17-13-19-7-10(14)12(20-13)18-6-8-5-9(15)3-4-11(8)16/h3-5,7H,2,6H2,1H3,(H2,17,18,19,20). The van der Waals surface area contributed by atoms with Crippen LogP contribution in [0.2, 0.25) is 5.02 Å². The molecule has 1 heterocycles. The Labute approximate surface area is 120 Å². The van der Waals surface area contributed by atoms with Gasteiger partial charge in [-0.25, -0.2) is 13.8 Å². The highest BCUT2D eigenvalue weighted by molar-refractivity contribution is 6.32. The first-order valence-corrected chi connectivity index (χ1v) is 6.42. The molecule has 0 bridgehead atoms. The molecule has 0 unspecified atom stereocenters. The van der Waals surface area contributed by atoms with E-state index in [4.69, 9.17) is 11.6 Å².